The average Bonchev–Trinajstić information content (AvgIpc) is 3.02. The van der Waals surface area contributed by atoms with Crippen molar-refractivity contribution in [3.05, 3.63) is 108 Å². The number of halogens is 3. The highest BCUT2D eigenvalue weighted by atomic mass is 19.2. The van der Waals surface area contributed by atoms with Gasteiger partial charge in [0.25, 0.3) is 0 Å². The average molecular weight is 571 g/mol. The molecule has 2 aliphatic carbocycles. The van der Waals surface area contributed by atoms with E-state index in [4.69, 9.17) is 4.74 Å². The number of hydrogen-bond donors (Lipinski definition) is 0. The third-order valence-corrected chi connectivity index (χ3v) is 9.24. The normalized spacial score (nSPS) is 20.9. The quantitative estimate of drug-likeness (QED) is 0.220. The van der Waals surface area contributed by atoms with Crippen LogP contribution in [0.2, 0.25) is 0 Å². The summed E-state index contributed by atoms with van der Waals surface area (Å²) in [6, 6.07) is 15.2. The summed E-state index contributed by atoms with van der Waals surface area (Å²) in [5.74, 6) is 0.0286. The molecular weight excluding hydrogens is 529 g/mol. The van der Waals surface area contributed by atoms with E-state index in [1.54, 1.807) is 30.3 Å². The number of benzene rings is 3. The summed E-state index contributed by atoms with van der Waals surface area (Å²) in [5.41, 5.74) is 4.01. The Hall–Kier alpha value is -3.53. The Kier molecular flexibility index (Phi) is 10.0. The second-order valence-corrected chi connectivity index (χ2v) is 11.8. The van der Waals surface area contributed by atoms with Crippen LogP contribution in [0.5, 0.6) is 5.75 Å². The van der Waals surface area contributed by atoms with Crippen LogP contribution in [0.1, 0.15) is 70.3 Å². The molecular formula is C38H41F3O. The molecule has 0 aromatic heterocycles. The van der Waals surface area contributed by atoms with Crippen LogP contribution < -0.4 is 4.74 Å². The van der Waals surface area contributed by atoms with Gasteiger partial charge in [-0.2, -0.15) is 4.39 Å². The zero-order valence-corrected chi connectivity index (χ0v) is 24.6. The molecule has 3 aromatic carbocycles. The van der Waals surface area contributed by atoms with Crippen LogP contribution in [0.25, 0.3) is 27.8 Å². The Labute approximate surface area is 248 Å². The Balaban J connectivity index is 1.21. The molecule has 1 unspecified atom stereocenters. The van der Waals surface area contributed by atoms with Crippen LogP contribution in [-0.2, 0) is 0 Å². The van der Waals surface area contributed by atoms with Crippen molar-refractivity contribution >= 4 is 5.57 Å². The minimum absolute atomic E-state index is 0.0884. The fourth-order valence-corrected chi connectivity index (χ4v) is 6.78. The third kappa shape index (κ3) is 6.91. The fraction of sp³-hybridized carbons (Fsp3) is 0.368. The van der Waals surface area contributed by atoms with Crippen molar-refractivity contribution < 1.29 is 17.9 Å². The van der Waals surface area contributed by atoms with Gasteiger partial charge in [0.15, 0.2) is 11.6 Å². The molecule has 42 heavy (non-hydrogen) atoms. The molecule has 0 heterocycles. The zero-order chi connectivity index (χ0) is 29.5. The first kappa shape index (κ1) is 29.9. The zero-order valence-electron chi connectivity index (χ0n) is 24.6. The van der Waals surface area contributed by atoms with E-state index in [-0.39, 0.29) is 23.7 Å². The lowest BCUT2D eigenvalue weighted by Gasteiger charge is -2.35. The Morgan fingerprint density at radius 3 is 2.14 bits per heavy atom. The van der Waals surface area contributed by atoms with Crippen molar-refractivity contribution in [3.8, 4) is 28.0 Å². The Morgan fingerprint density at radius 1 is 0.810 bits per heavy atom. The minimum atomic E-state index is -1.04. The van der Waals surface area contributed by atoms with Gasteiger partial charge in [0.1, 0.15) is 12.4 Å². The van der Waals surface area contributed by atoms with E-state index in [0.717, 1.165) is 36.2 Å². The molecule has 0 saturated heterocycles. The highest BCUT2D eigenvalue weighted by Gasteiger charge is 2.28. The Bertz CT molecular complexity index is 1430. The fourth-order valence-electron chi connectivity index (χ4n) is 6.78. The second kappa shape index (κ2) is 14.1. The SMILES string of the molecule is C=CCOc1ccc(-c2ccc(-c3ccc(C4=CCC(C5CCC(CCC=CC)CC5)CC4)cc3F)cc2)c(F)c1F. The van der Waals surface area contributed by atoms with Crippen LogP contribution in [0.3, 0.4) is 0 Å². The van der Waals surface area contributed by atoms with E-state index in [0.29, 0.717) is 16.7 Å². The predicted octanol–water partition coefficient (Wildman–Crippen LogP) is 11.3. The van der Waals surface area contributed by atoms with Gasteiger partial charge >= 0.3 is 0 Å². The molecule has 2 aliphatic rings. The van der Waals surface area contributed by atoms with E-state index in [1.807, 2.05) is 12.1 Å². The monoisotopic (exact) mass is 570 g/mol. The molecule has 1 nitrogen and oxygen atoms in total. The molecule has 5 rings (SSSR count). The molecule has 0 spiro atoms. The molecule has 0 N–H and O–H groups in total. The largest absolute Gasteiger partial charge is 0.486 e. The van der Waals surface area contributed by atoms with E-state index in [2.05, 4.69) is 31.7 Å². The maximum absolute atomic E-state index is 15.3. The maximum Gasteiger partial charge on any atom is 0.201 e. The van der Waals surface area contributed by atoms with E-state index in [9.17, 15) is 8.78 Å². The number of allylic oxidation sites excluding steroid dienone is 4. The summed E-state index contributed by atoms with van der Waals surface area (Å²) in [5, 5.41) is 0. The third-order valence-electron chi connectivity index (χ3n) is 9.24. The summed E-state index contributed by atoms with van der Waals surface area (Å²) in [4.78, 5) is 0. The van der Waals surface area contributed by atoms with Crippen LogP contribution in [-0.4, -0.2) is 6.61 Å². The summed E-state index contributed by atoms with van der Waals surface area (Å²) in [6.07, 6.45) is 19.5. The van der Waals surface area contributed by atoms with E-state index in [1.165, 1.54) is 68.7 Å². The number of ether oxygens (including phenoxy) is 1. The molecule has 220 valence electrons. The van der Waals surface area contributed by atoms with Gasteiger partial charge in [0.2, 0.25) is 5.82 Å². The van der Waals surface area contributed by atoms with Gasteiger partial charge < -0.3 is 4.74 Å². The molecule has 0 aliphatic heterocycles. The molecule has 1 fully saturated rings. The van der Waals surface area contributed by atoms with E-state index < -0.39 is 11.6 Å². The number of rotatable bonds is 10. The standard InChI is InChI=1S/C38H41F3O/c1-3-5-6-7-26-8-10-27(11-9-26)28-12-14-29(15-13-28)32-20-21-33(35(39)25-32)30-16-18-31(19-17-30)34-22-23-36(42-24-4-2)38(41)37(34)40/h3-5,14,16-23,25-28H,2,6-13,15,24H2,1H3. The van der Waals surface area contributed by atoms with Gasteiger partial charge in [-0.25, -0.2) is 8.78 Å². The van der Waals surface area contributed by atoms with Crippen molar-refractivity contribution in [2.75, 3.05) is 6.61 Å². The molecule has 0 amide bonds. The van der Waals surface area contributed by atoms with Crippen LogP contribution >= 0.6 is 0 Å². The van der Waals surface area contributed by atoms with Crippen LogP contribution in [0.4, 0.5) is 13.2 Å². The summed E-state index contributed by atoms with van der Waals surface area (Å²) >= 11 is 0. The van der Waals surface area contributed by atoms with Crippen molar-refractivity contribution in [2.45, 2.75) is 64.7 Å². The predicted molar refractivity (Wildman–Crippen MR) is 168 cm³/mol. The van der Waals surface area contributed by atoms with Crippen molar-refractivity contribution in [3.63, 3.8) is 0 Å². The van der Waals surface area contributed by atoms with Gasteiger partial charge in [-0.3, -0.25) is 0 Å². The maximum atomic E-state index is 15.3. The van der Waals surface area contributed by atoms with Gasteiger partial charge in [-0.05, 0) is 110 Å². The summed E-state index contributed by atoms with van der Waals surface area (Å²) in [7, 11) is 0. The molecule has 3 aromatic rings. The molecule has 1 saturated carbocycles. The molecule has 0 radical (unpaired) electrons. The molecule has 1 atom stereocenters. The first-order valence-corrected chi connectivity index (χ1v) is 15.4. The Morgan fingerprint density at radius 2 is 1.50 bits per heavy atom. The van der Waals surface area contributed by atoms with Crippen LogP contribution in [0.15, 0.2) is 85.5 Å². The van der Waals surface area contributed by atoms with Crippen molar-refractivity contribution in [1.29, 1.82) is 0 Å². The summed E-state index contributed by atoms with van der Waals surface area (Å²) in [6.45, 7) is 5.71. The highest BCUT2D eigenvalue weighted by Crippen LogP contribution is 2.42. The van der Waals surface area contributed by atoms with Crippen LogP contribution in [0, 0.1) is 35.2 Å². The number of hydrogen-bond acceptors (Lipinski definition) is 1. The summed E-state index contributed by atoms with van der Waals surface area (Å²) < 4.78 is 49.7. The lowest BCUT2D eigenvalue weighted by atomic mass is 9.70. The first-order valence-electron chi connectivity index (χ1n) is 15.4. The second-order valence-electron chi connectivity index (χ2n) is 11.8. The smallest absolute Gasteiger partial charge is 0.201 e. The van der Waals surface area contributed by atoms with Crippen molar-refractivity contribution in [2.24, 2.45) is 17.8 Å². The van der Waals surface area contributed by atoms with Gasteiger partial charge in [0, 0.05) is 11.1 Å². The topological polar surface area (TPSA) is 9.23 Å². The molecule has 0 bridgehead atoms. The lowest BCUT2D eigenvalue weighted by Crippen LogP contribution is -2.23. The first-order chi connectivity index (χ1) is 20.5. The molecule has 4 heteroatoms. The lowest BCUT2D eigenvalue weighted by molar-refractivity contribution is 0.190. The highest BCUT2D eigenvalue weighted by molar-refractivity contribution is 5.74. The minimum Gasteiger partial charge on any atom is -0.486 e. The van der Waals surface area contributed by atoms with Crippen molar-refractivity contribution in [1.82, 2.24) is 0 Å². The van der Waals surface area contributed by atoms with Gasteiger partial charge in [-0.15, -0.1) is 0 Å². The van der Waals surface area contributed by atoms with Gasteiger partial charge in [0.05, 0.1) is 0 Å². The van der Waals surface area contributed by atoms with E-state index >= 15 is 4.39 Å². The van der Waals surface area contributed by atoms with Gasteiger partial charge in [-0.1, -0.05) is 80.1 Å².